The molecule has 0 aromatic heterocycles. The van der Waals surface area contributed by atoms with Gasteiger partial charge in [0, 0.05) is 22.3 Å². The van der Waals surface area contributed by atoms with Crippen LogP contribution in [-0.2, 0) is 4.79 Å². The Morgan fingerprint density at radius 2 is 2.29 bits per heavy atom. The lowest BCUT2D eigenvalue weighted by atomic mass is 10.2. The average Bonchev–Trinajstić information content (AvgIpc) is 2.30. The molecule has 94 valence electrons. The molecule has 1 aromatic carbocycles. The highest BCUT2D eigenvalue weighted by atomic mass is 35.5. The lowest BCUT2D eigenvalue weighted by Crippen LogP contribution is -2.30. The van der Waals surface area contributed by atoms with E-state index in [1.807, 2.05) is 13.0 Å². The Morgan fingerprint density at radius 1 is 1.59 bits per heavy atom. The summed E-state index contributed by atoms with van der Waals surface area (Å²) in [6.45, 7) is 2.04. The molecule has 5 N–H and O–H groups in total. The van der Waals surface area contributed by atoms with Crippen molar-refractivity contribution < 1.29 is 4.79 Å². The van der Waals surface area contributed by atoms with E-state index in [1.165, 1.54) is 0 Å². The zero-order valence-electron chi connectivity index (χ0n) is 9.57. The maximum Gasteiger partial charge on any atom is 0.233 e. The second kappa shape index (κ2) is 6.74. The summed E-state index contributed by atoms with van der Waals surface area (Å²) in [4.78, 5) is 11.9. The molecule has 1 amide bonds. The van der Waals surface area contributed by atoms with Crippen molar-refractivity contribution in [3.05, 3.63) is 23.2 Å². The number of nitrogens with one attached hydrogen (secondary N) is 1. The zero-order valence-corrected chi connectivity index (χ0v) is 11.1. The van der Waals surface area contributed by atoms with E-state index in [4.69, 9.17) is 23.2 Å². The third-order valence-electron chi connectivity index (χ3n) is 2.22. The van der Waals surface area contributed by atoms with E-state index in [1.54, 1.807) is 23.9 Å². The van der Waals surface area contributed by atoms with E-state index in [0.29, 0.717) is 17.1 Å². The van der Waals surface area contributed by atoms with Crippen molar-refractivity contribution in [1.82, 2.24) is 5.43 Å². The molecule has 0 spiro atoms. The molecule has 1 atom stereocenters. The molecule has 0 saturated heterocycles. The van der Waals surface area contributed by atoms with Crippen molar-refractivity contribution in [3.63, 3.8) is 0 Å². The molecule has 4 nitrogen and oxygen atoms in total. The van der Waals surface area contributed by atoms with Gasteiger partial charge in [-0.15, -0.1) is 11.8 Å². The first kappa shape index (κ1) is 14.2. The minimum atomic E-state index is -0.156. The van der Waals surface area contributed by atoms with E-state index < -0.39 is 0 Å². The van der Waals surface area contributed by atoms with Crippen molar-refractivity contribution >= 4 is 35.0 Å². The molecule has 1 rings (SSSR count). The number of anilines is 1. The Hall–Kier alpha value is -0.910. The van der Waals surface area contributed by atoms with Gasteiger partial charge < -0.3 is 5.73 Å². The highest BCUT2D eigenvalue weighted by molar-refractivity contribution is 8.00. The molecule has 0 saturated carbocycles. The van der Waals surface area contributed by atoms with Crippen LogP contribution in [0.2, 0.25) is 5.02 Å². The first-order valence-electron chi connectivity index (χ1n) is 5.24. The number of nitrogens with two attached hydrogens (primary N) is 2. The monoisotopic (exact) mass is 273 g/mol. The first-order chi connectivity index (χ1) is 8.02. The quantitative estimate of drug-likeness (QED) is 0.252. The Balaban J connectivity index is 2.52. The number of hydrogen-bond donors (Lipinski definition) is 3. The second-order valence-electron chi connectivity index (χ2n) is 3.72. The van der Waals surface area contributed by atoms with Crippen LogP contribution in [0.25, 0.3) is 0 Å². The number of rotatable bonds is 5. The van der Waals surface area contributed by atoms with Crippen LogP contribution in [0.4, 0.5) is 5.69 Å². The summed E-state index contributed by atoms with van der Waals surface area (Å²) in [5, 5.41) is 0.950. The molecule has 6 heteroatoms. The van der Waals surface area contributed by atoms with Crippen molar-refractivity contribution in [2.75, 3.05) is 5.73 Å². The van der Waals surface area contributed by atoms with Crippen LogP contribution >= 0.6 is 23.4 Å². The summed E-state index contributed by atoms with van der Waals surface area (Å²) in [6.07, 6.45) is 1.14. The predicted molar refractivity (Wildman–Crippen MR) is 72.7 cm³/mol. The Bertz CT molecular complexity index is 400. The highest BCUT2D eigenvalue weighted by Gasteiger charge is 2.10. The Labute approximate surface area is 110 Å². The van der Waals surface area contributed by atoms with E-state index in [9.17, 15) is 4.79 Å². The van der Waals surface area contributed by atoms with Gasteiger partial charge in [-0.05, 0) is 24.6 Å². The number of nitrogen functional groups attached to an aromatic ring is 1. The first-order valence-corrected chi connectivity index (χ1v) is 6.50. The number of hydrazine groups is 1. The molecule has 0 aliphatic carbocycles. The van der Waals surface area contributed by atoms with Gasteiger partial charge in [-0.25, -0.2) is 5.84 Å². The highest BCUT2D eigenvalue weighted by Crippen LogP contribution is 2.33. The number of hydrogen-bond acceptors (Lipinski definition) is 4. The third-order valence-corrected chi connectivity index (χ3v) is 3.89. The molecule has 1 aromatic rings. The second-order valence-corrected chi connectivity index (χ2v) is 5.61. The molecule has 0 fully saturated rings. The van der Waals surface area contributed by atoms with Crippen LogP contribution in [0.5, 0.6) is 0 Å². The summed E-state index contributed by atoms with van der Waals surface area (Å²) in [6, 6.07) is 5.38. The van der Waals surface area contributed by atoms with Gasteiger partial charge in [-0.2, -0.15) is 0 Å². The molecular weight excluding hydrogens is 258 g/mol. The van der Waals surface area contributed by atoms with Crippen molar-refractivity contribution in [1.29, 1.82) is 0 Å². The van der Waals surface area contributed by atoms with E-state index in [-0.39, 0.29) is 11.2 Å². The number of carbonyl (C=O) groups excluding carboxylic acids is 1. The van der Waals surface area contributed by atoms with Crippen molar-refractivity contribution in [3.8, 4) is 0 Å². The summed E-state index contributed by atoms with van der Waals surface area (Å²) in [5.41, 5.74) is 8.49. The summed E-state index contributed by atoms with van der Waals surface area (Å²) in [5.74, 6) is 4.85. The van der Waals surface area contributed by atoms with Gasteiger partial charge in [0.1, 0.15) is 0 Å². The molecule has 17 heavy (non-hydrogen) atoms. The van der Waals surface area contributed by atoms with Gasteiger partial charge in [0.05, 0.1) is 5.02 Å². The third kappa shape index (κ3) is 4.85. The smallest absolute Gasteiger partial charge is 0.233 e. The largest absolute Gasteiger partial charge is 0.399 e. The minimum Gasteiger partial charge on any atom is -0.399 e. The van der Waals surface area contributed by atoms with Gasteiger partial charge in [0.25, 0.3) is 0 Å². The fourth-order valence-electron chi connectivity index (χ4n) is 1.29. The lowest BCUT2D eigenvalue weighted by molar-refractivity contribution is -0.121. The molecule has 0 heterocycles. The van der Waals surface area contributed by atoms with Crippen LogP contribution < -0.4 is 17.0 Å². The fraction of sp³-hybridized carbons (Fsp3) is 0.364. The Morgan fingerprint density at radius 3 is 2.94 bits per heavy atom. The SMILES string of the molecule is CC(CCC(=O)NN)Sc1cc(N)ccc1Cl. The van der Waals surface area contributed by atoms with Crippen molar-refractivity contribution in [2.24, 2.45) is 5.84 Å². The maximum absolute atomic E-state index is 11.0. The summed E-state index contributed by atoms with van der Waals surface area (Å²) >= 11 is 7.66. The summed E-state index contributed by atoms with van der Waals surface area (Å²) in [7, 11) is 0. The summed E-state index contributed by atoms with van der Waals surface area (Å²) < 4.78 is 0. The van der Waals surface area contributed by atoms with Crippen LogP contribution in [0.1, 0.15) is 19.8 Å². The maximum atomic E-state index is 11.0. The van der Waals surface area contributed by atoms with Crippen LogP contribution in [0.3, 0.4) is 0 Å². The zero-order chi connectivity index (χ0) is 12.8. The van der Waals surface area contributed by atoms with Crippen LogP contribution in [-0.4, -0.2) is 11.2 Å². The van der Waals surface area contributed by atoms with Gasteiger partial charge >= 0.3 is 0 Å². The number of carbonyl (C=O) groups is 1. The van der Waals surface area contributed by atoms with Gasteiger partial charge in [0.15, 0.2) is 0 Å². The topological polar surface area (TPSA) is 81.1 Å². The van der Waals surface area contributed by atoms with E-state index in [2.05, 4.69) is 5.43 Å². The lowest BCUT2D eigenvalue weighted by Gasteiger charge is -2.12. The molecule has 0 radical (unpaired) electrons. The molecule has 1 unspecified atom stereocenters. The van der Waals surface area contributed by atoms with Gasteiger partial charge in [0.2, 0.25) is 5.91 Å². The fourth-order valence-corrected chi connectivity index (χ4v) is 2.60. The van der Waals surface area contributed by atoms with Gasteiger partial charge in [-0.1, -0.05) is 18.5 Å². The van der Waals surface area contributed by atoms with Gasteiger partial charge in [-0.3, -0.25) is 10.2 Å². The standard InChI is InChI=1S/C11H16ClN3OS/c1-7(2-5-11(16)15-14)17-10-6-8(13)3-4-9(10)12/h3-4,6-7H,2,5,13-14H2,1H3,(H,15,16). The number of amides is 1. The minimum absolute atomic E-state index is 0.156. The average molecular weight is 274 g/mol. The molecule has 0 aliphatic rings. The number of halogens is 1. The van der Waals surface area contributed by atoms with E-state index >= 15 is 0 Å². The van der Waals surface area contributed by atoms with E-state index in [0.717, 1.165) is 11.3 Å². The predicted octanol–water partition coefficient (Wildman–Crippen LogP) is 2.17. The number of benzene rings is 1. The van der Waals surface area contributed by atoms with Crippen LogP contribution in [0.15, 0.2) is 23.1 Å². The normalized spacial score (nSPS) is 12.2. The number of thioether (sulfide) groups is 1. The van der Waals surface area contributed by atoms with Crippen LogP contribution in [0, 0.1) is 0 Å². The molecular formula is C11H16ClN3OS. The molecule has 0 bridgehead atoms. The molecule has 0 aliphatic heterocycles. The van der Waals surface area contributed by atoms with Crippen molar-refractivity contribution in [2.45, 2.75) is 29.9 Å². The Kier molecular flexibility index (Phi) is 5.61.